The Hall–Kier alpha value is -2.37. The van der Waals surface area contributed by atoms with Crippen molar-refractivity contribution in [2.24, 2.45) is 0 Å². The molecular weight excluding hydrogens is 354 g/mol. The first-order valence-electron chi connectivity index (χ1n) is 10.1. The van der Waals surface area contributed by atoms with Gasteiger partial charge < -0.3 is 19.1 Å². The van der Waals surface area contributed by atoms with E-state index >= 15 is 0 Å². The van der Waals surface area contributed by atoms with Crippen LogP contribution in [0.2, 0.25) is 0 Å². The zero-order valence-electron chi connectivity index (χ0n) is 16.6. The molecule has 2 aliphatic rings. The number of amides is 1. The zero-order chi connectivity index (χ0) is 19.6. The molecule has 0 aliphatic carbocycles. The van der Waals surface area contributed by atoms with Gasteiger partial charge in [0.15, 0.2) is 0 Å². The van der Waals surface area contributed by atoms with Crippen LogP contribution in [0.15, 0.2) is 42.5 Å². The summed E-state index contributed by atoms with van der Waals surface area (Å²) >= 11 is 0. The summed E-state index contributed by atoms with van der Waals surface area (Å²) in [5.74, 6) is -0.619. The second-order valence-corrected chi connectivity index (χ2v) is 7.39. The van der Waals surface area contributed by atoms with Crippen LogP contribution in [-0.2, 0) is 26.5 Å². The normalized spacial score (nSPS) is 17.4. The average Bonchev–Trinajstić information content (AvgIpc) is 3.27. The van der Waals surface area contributed by atoms with Crippen molar-refractivity contribution < 1.29 is 19.0 Å². The summed E-state index contributed by atoms with van der Waals surface area (Å²) in [7, 11) is 0. The number of benzene rings is 2. The van der Waals surface area contributed by atoms with E-state index in [1.54, 1.807) is 4.90 Å². The van der Waals surface area contributed by atoms with E-state index in [1.807, 2.05) is 37.3 Å². The molecule has 2 aliphatic heterocycles. The molecule has 5 heteroatoms. The van der Waals surface area contributed by atoms with Crippen molar-refractivity contribution in [3.05, 3.63) is 59.2 Å². The van der Waals surface area contributed by atoms with Gasteiger partial charge >= 0.3 is 0 Å². The SMILES string of the molecule is CCCCc1ccc2c(c1)C1(OCCO1)C(=O)N2CCOc1cccc(C)c1. The van der Waals surface area contributed by atoms with Crippen LogP contribution in [-0.4, -0.2) is 32.3 Å². The van der Waals surface area contributed by atoms with E-state index in [-0.39, 0.29) is 5.91 Å². The lowest BCUT2D eigenvalue weighted by Gasteiger charge is -2.22. The molecule has 2 aromatic rings. The van der Waals surface area contributed by atoms with Gasteiger partial charge in [-0.25, -0.2) is 0 Å². The van der Waals surface area contributed by atoms with Gasteiger partial charge in [-0.05, 0) is 55.2 Å². The van der Waals surface area contributed by atoms with Crippen LogP contribution in [0.1, 0.15) is 36.5 Å². The Morgan fingerprint density at radius 1 is 1.14 bits per heavy atom. The topological polar surface area (TPSA) is 48.0 Å². The molecule has 0 N–H and O–H groups in total. The second-order valence-electron chi connectivity index (χ2n) is 7.39. The molecule has 5 nitrogen and oxygen atoms in total. The van der Waals surface area contributed by atoms with Crippen LogP contribution in [0, 0.1) is 6.92 Å². The number of nitrogens with zero attached hydrogens (tertiary/aromatic N) is 1. The Kier molecular flexibility index (Phi) is 5.38. The third-order valence-electron chi connectivity index (χ3n) is 5.32. The van der Waals surface area contributed by atoms with Crippen molar-refractivity contribution in [3.63, 3.8) is 0 Å². The van der Waals surface area contributed by atoms with E-state index in [9.17, 15) is 4.79 Å². The van der Waals surface area contributed by atoms with Crippen molar-refractivity contribution in [2.45, 2.75) is 38.9 Å². The summed E-state index contributed by atoms with van der Waals surface area (Å²) in [6.45, 7) is 5.92. The molecule has 1 fully saturated rings. The molecule has 2 heterocycles. The molecule has 1 saturated heterocycles. The van der Waals surface area contributed by atoms with Gasteiger partial charge in [-0.2, -0.15) is 0 Å². The van der Waals surface area contributed by atoms with Crippen molar-refractivity contribution >= 4 is 11.6 Å². The largest absolute Gasteiger partial charge is 0.492 e. The molecule has 28 heavy (non-hydrogen) atoms. The Bertz CT molecular complexity index is 857. The maximum atomic E-state index is 13.2. The summed E-state index contributed by atoms with van der Waals surface area (Å²) < 4.78 is 17.6. The van der Waals surface area contributed by atoms with Crippen LogP contribution >= 0.6 is 0 Å². The summed E-state index contributed by atoms with van der Waals surface area (Å²) in [6, 6.07) is 14.1. The van der Waals surface area contributed by atoms with Crippen LogP contribution in [0.5, 0.6) is 5.75 Å². The minimum Gasteiger partial charge on any atom is -0.492 e. The number of unbranched alkanes of at least 4 members (excludes halogenated alkanes) is 1. The zero-order valence-corrected chi connectivity index (χ0v) is 16.6. The standard InChI is InChI=1S/C23H27NO4/c1-3-4-7-18-9-10-21-20(16-18)23(27-13-14-28-23)22(25)24(21)11-12-26-19-8-5-6-17(2)15-19/h5-6,8-10,15-16H,3-4,7,11-14H2,1-2H3. The highest BCUT2D eigenvalue weighted by Gasteiger charge is 2.56. The molecule has 0 atom stereocenters. The second kappa shape index (κ2) is 7.94. The number of fused-ring (bicyclic) bond motifs is 2. The fourth-order valence-electron chi connectivity index (χ4n) is 3.89. The third kappa shape index (κ3) is 3.40. The Morgan fingerprint density at radius 3 is 2.71 bits per heavy atom. The minimum absolute atomic E-state index is 0.152. The van der Waals surface area contributed by atoms with E-state index in [0.29, 0.717) is 26.4 Å². The van der Waals surface area contributed by atoms with E-state index in [2.05, 4.69) is 19.1 Å². The lowest BCUT2D eigenvalue weighted by Crippen LogP contribution is -2.42. The third-order valence-corrected chi connectivity index (χ3v) is 5.32. The fourth-order valence-corrected chi connectivity index (χ4v) is 3.89. The molecule has 2 aromatic carbocycles. The van der Waals surface area contributed by atoms with Gasteiger partial charge in [-0.3, -0.25) is 4.79 Å². The summed E-state index contributed by atoms with van der Waals surface area (Å²) in [5.41, 5.74) is 4.05. The highest BCUT2D eigenvalue weighted by molar-refractivity contribution is 6.06. The van der Waals surface area contributed by atoms with Crippen LogP contribution in [0.25, 0.3) is 0 Å². The van der Waals surface area contributed by atoms with Gasteiger partial charge in [0, 0.05) is 5.56 Å². The van der Waals surface area contributed by atoms with Crippen molar-refractivity contribution in [3.8, 4) is 5.75 Å². The average molecular weight is 381 g/mol. The number of carbonyl (C=O) groups is 1. The molecule has 1 spiro atoms. The molecular formula is C23H27NO4. The molecule has 1 amide bonds. The number of aryl methyl sites for hydroxylation is 2. The Labute approximate surface area is 166 Å². The first-order valence-corrected chi connectivity index (χ1v) is 10.1. The molecule has 0 saturated carbocycles. The lowest BCUT2D eigenvalue weighted by atomic mass is 10.0. The predicted octanol–water partition coefficient (Wildman–Crippen LogP) is 3.96. The van der Waals surface area contributed by atoms with E-state index in [0.717, 1.165) is 41.8 Å². The lowest BCUT2D eigenvalue weighted by molar-refractivity contribution is -0.180. The number of hydrogen-bond donors (Lipinski definition) is 0. The summed E-state index contributed by atoms with van der Waals surface area (Å²) in [5, 5.41) is 0. The Balaban J connectivity index is 1.54. The number of rotatable bonds is 7. The van der Waals surface area contributed by atoms with Crippen LogP contribution in [0.3, 0.4) is 0 Å². The minimum atomic E-state index is -1.28. The number of anilines is 1. The highest BCUT2D eigenvalue weighted by atomic mass is 16.7. The molecule has 0 radical (unpaired) electrons. The van der Waals surface area contributed by atoms with Gasteiger partial charge in [0.2, 0.25) is 0 Å². The van der Waals surface area contributed by atoms with Gasteiger partial charge in [0.1, 0.15) is 12.4 Å². The van der Waals surface area contributed by atoms with Crippen LogP contribution in [0.4, 0.5) is 5.69 Å². The highest BCUT2D eigenvalue weighted by Crippen LogP contribution is 2.46. The van der Waals surface area contributed by atoms with Gasteiger partial charge in [0.25, 0.3) is 11.7 Å². The number of ether oxygens (including phenoxy) is 3. The van der Waals surface area contributed by atoms with Crippen molar-refractivity contribution in [1.29, 1.82) is 0 Å². The van der Waals surface area contributed by atoms with Gasteiger partial charge in [0.05, 0.1) is 25.4 Å². The van der Waals surface area contributed by atoms with Crippen molar-refractivity contribution in [2.75, 3.05) is 31.3 Å². The van der Waals surface area contributed by atoms with Crippen molar-refractivity contribution in [1.82, 2.24) is 0 Å². The molecule has 0 aromatic heterocycles. The molecule has 0 bridgehead atoms. The van der Waals surface area contributed by atoms with E-state index < -0.39 is 5.79 Å². The molecule has 0 unspecified atom stereocenters. The number of hydrogen-bond acceptors (Lipinski definition) is 4. The summed E-state index contributed by atoms with van der Waals surface area (Å²) in [6.07, 6.45) is 3.25. The quantitative estimate of drug-likeness (QED) is 0.728. The first kappa shape index (κ1) is 19.0. The number of carbonyl (C=O) groups excluding carboxylic acids is 1. The monoisotopic (exact) mass is 381 g/mol. The van der Waals surface area contributed by atoms with Gasteiger partial charge in [-0.1, -0.05) is 31.5 Å². The smallest absolute Gasteiger partial charge is 0.292 e. The van der Waals surface area contributed by atoms with E-state index in [1.165, 1.54) is 5.56 Å². The van der Waals surface area contributed by atoms with E-state index in [4.69, 9.17) is 14.2 Å². The maximum absolute atomic E-state index is 13.2. The predicted molar refractivity (Wildman–Crippen MR) is 108 cm³/mol. The first-order chi connectivity index (χ1) is 13.6. The molecule has 4 rings (SSSR count). The molecule has 148 valence electrons. The Morgan fingerprint density at radius 2 is 1.96 bits per heavy atom. The van der Waals surface area contributed by atoms with Crippen LogP contribution < -0.4 is 9.64 Å². The van der Waals surface area contributed by atoms with Gasteiger partial charge in [-0.15, -0.1) is 0 Å². The fraction of sp³-hybridized carbons (Fsp3) is 0.435. The summed E-state index contributed by atoms with van der Waals surface area (Å²) in [4.78, 5) is 15.0. The maximum Gasteiger partial charge on any atom is 0.292 e.